The van der Waals surface area contributed by atoms with E-state index in [1.165, 1.54) is 0 Å². The Hall–Kier alpha value is -3.19. The third-order valence-corrected chi connectivity index (χ3v) is 5.86. The van der Waals surface area contributed by atoms with Crippen LogP contribution in [0.3, 0.4) is 0 Å². The van der Waals surface area contributed by atoms with Crippen molar-refractivity contribution in [1.82, 2.24) is 0 Å². The van der Waals surface area contributed by atoms with Crippen molar-refractivity contribution in [2.45, 2.75) is 24.5 Å². The molecule has 3 heterocycles. The van der Waals surface area contributed by atoms with Crippen LogP contribution in [0.25, 0.3) is 6.08 Å². The second kappa shape index (κ2) is 6.67. The topological polar surface area (TPSA) is 83.5 Å². The molecule has 0 unspecified atom stereocenters. The standard InChI is InChI=1S/C23H22O7/c1-23(11-24)7-6-12-15(30-23)5-4-13-21(25)20-14-8-17(26-2)18(27-3)9-16(14)28-10-19(20)29-22(12)13/h4-9,19-20,24H,10-11H2,1-3H3/t19-,20+,23+/m1/s1. The fourth-order valence-electron chi connectivity index (χ4n) is 4.22. The smallest absolute Gasteiger partial charge is 0.178 e. The molecule has 30 heavy (non-hydrogen) atoms. The lowest BCUT2D eigenvalue weighted by molar-refractivity contribution is 0.0524. The Kier molecular flexibility index (Phi) is 4.18. The summed E-state index contributed by atoms with van der Waals surface area (Å²) in [6, 6.07) is 7.00. The maximum Gasteiger partial charge on any atom is 0.178 e. The van der Waals surface area contributed by atoms with Gasteiger partial charge in [-0.05, 0) is 37.3 Å². The summed E-state index contributed by atoms with van der Waals surface area (Å²) in [6.45, 7) is 1.88. The number of hydrogen-bond donors (Lipinski definition) is 1. The Morgan fingerprint density at radius 3 is 2.67 bits per heavy atom. The summed E-state index contributed by atoms with van der Waals surface area (Å²) >= 11 is 0. The molecule has 0 aliphatic carbocycles. The van der Waals surface area contributed by atoms with Gasteiger partial charge < -0.3 is 28.8 Å². The second-order valence-corrected chi connectivity index (χ2v) is 7.81. The Morgan fingerprint density at radius 2 is 1.93 bits per heavy atom. The van der Waals surface area contributed by atoms with Gasteiger partial charge in [0.15, 0.2) is 17.3 Å². The zero-order valence-corrected chi connectivity index (χ0v) is 16.9. The molecule has 0 saturated carbocycles. The van der Waals surface area contributed by atoms with Crippen molar-refractivity contribution < 1.29 is 33.6 Å². The number of ketones is 1. The zero-order valence-electron chi connectivity index (χ0n) is 16.9. The summed E-state index contributed by atoms with van der Waals surface area (Å²) in [5.74, 6) is 2.19. The number of hydrogen-bond acceptors (Lipinski definition) is 7. The minimum absolute atomic E-state index is 0.0373. The number of ether oxygens (including phenoxy) is 5. The predicted octanol–water partition coefficient (Wildman–Crippen LogP) is 2.98. The molecule has 5 rings (SSSR count). The van der Waals surface area contributed by atoms with E-state index in [-0.39, 0.29) is 19.0 Å². The fourth-order valence-corrected chi connectivity index (χ4v) is 4.22. The Labute approximate surface area is 173 Å². The highest BCUT2D eigenvalue weighted by molar-refractivity contribution is 6.06. The van der Waals surface area contributed by atoms with Crippen LogP contribution in [0, 0.1) is 0 Å². The van der Waals surface area contributed by atoms with Gasteiger partial charge in [-0.25, -0.2) is 0 Å². The van der Waals surface area contributed by atoms with Crippen LogP contribution >= 0.6 is 0 Å². The van der Waals surface area contributed by atoms with Gasteiger partial charge in [-0.3, -0.25) is 4.79 Å². The third kappa shape index (κ3) is 2.65. The van der Waals surface area contributed by atoms with Gasteiger partial charge in [-0.1, -0.05) is 0 Å². The van der Waals surface area contributed by atoms with Crippen LogP contribution in [-0.4, -0.2) is 50.0 Å². The molecule has 0 spiro atoms. The number of carbonyl (C=O) groups excluding carboxylic acids is 1. The van der Waals surface area contributed by atoms with E-state index in [1.807, 2.05) is 6.08 Å². The van der Waals surface area contributed by atoms with Crippen LogP contribution in [0.1, 0.15) is 34.3 Å². The van der Waals surface area contributed by atoms with E-state index < -0.39 is 17.6 Å². The molecule has 0 saturated heterocycles. The number of benzene rings is 2. The SMILES string of the molecule is COc1cc2c(cc1OC)[C@@H]1C(=O)c3ccc4c(c3O[C@@H]1CO2)C=C[C@@](C)(CO)O4. The van der Waals surface area contributed by atoms with E-state index in [2.05, 4.69) is 0 Å². The molecule has 0 aromatic heterocycles. The monoisotopic (exact) mass is 410 g/mol. The average molecular weight is 410 g/mol. The first kappa shape index (κ1) is 18.8. The maximum absolute atomic E-state index is 13.5. The number of aliphatic hydroxyl groups excluding tert-OH is 1. The van der Waals surface area contributed by atoms with Gasteiger partial charge >= 0.3 is 0 Å². The van der Waals surface area contributed by atoms with Crippen molar-refractivity contribution in [2.75, 3.05) is 27.4 Å². The van der Waals surface area contributed by atoms with Crippen LogP contribution in [0.4, 0.5) is 0 Å². The van der Waals surface area contributed by atoms with Gasteiger partial charge in [0.2, 0.25) is 0 Å². The first-order valence-corrected chi connectivity index (χ1v) is 9.73. The van der Waals surface area contributed by atoms with Crippen LogP contribution in [0.5, 0.6) is 28.7 Å². The van der Waals surface area contributed by atoms with Crippen LogP contribution in [-0.2, 0) is 0 Å². The second-order valence-electron chi connectivity index (χ2n) is 7.81. The van der Waals surface area contributed by atoms with Gasteiger partial charge in [-0.15, -0.1) is 0 Å². The summed E-state index contributed by atoms with van der Waals surface area (Å²) in [5, 5.41) is 9.59. The lowest BCUT2D eigenvalue weighted by Gasteiger charge is -2.39. The van der Waals surface area contributed by atoms with E-state index in [0.29, 0.717) is 39.9 Å². The number of Topliss-reactive ketones (excluding diaryl/α,β-unsaturated/α-hetero) is 1. The molecule has 0 radical (unpaired) electrons. The predicted molar refractivity (Wildman–Crippen MR) is 108 cm³/mol. The van der Waals surface area contributed by atoms with Crippen molar-refractivity contribution in [3.63, 3.8) is 0 Å². The molecule has 7 heteroatoms. The highest BCUT2D eigenvalue weighted by atomic mass is 16.5. The summed E-state index contributed by atoms with van der Waals surface area (Å²) in [4.78, 5) is 13.5. The van der Waals surface area contributed by atoms with Crippen LogP contribution < -0.4 is 23.7 Å². The minimum atomic E-state index is -0.801. The molecule has 156 valence electrons. The Morgan fingerprint density at radius 1 is 1.17 bits per heavy atom. The highest BCUT2D eigenvalue weighted by Gasteiger charge is 2.45. The van der Waals surface area contributed by atoms with E-state index in [4.69, 9.17) is 23.7 Å². The largest absolute Gasteiger partial charge is 0.493 e. The molecule has 2 aromatic carbocycles. The van der Waals surface area contributed by atoms with Crippen molar-refractivity contribution in [1.29, 1.82) is 0 Å². The summed E-state index contributed by atoms with van der Waals surface area (Å²) in [5.41, 5.74) is 1.11. The van der Waals surface area contributed by atoms with Crippen molar-refractivity contribution in [3.8, 4) is 28.7 Å². The molecular formula is C23H22O7. The Bertz CT molecular complexity index is 1070. The van der Waals surface area contributed by atoms with Crippen LogP contribution in [0.2, 0.25) is 0 Å². The first-order chi connectivity index (χ1) is 14.5. The minimum Gasteiger partial charge on any atom is -0.493 e. The van der Waals surface area contributed by atoms with Gasteiger partial charge in [0.05, 0.1) is 37.9 Å². The zero-order chi connectivity index (χ0) is 21.0. The molecule has 7 nitrogen and oxygen atoms in total. The molecule has 0 fully saturated rings. The van der Waals surface area contributed by atoms with Crippen LogP contribution in [0.15, 0.2) is 30.3 Å². The van der Waals surface area contributed by atoms with E-state index in [9.17, 15) is 9.90 Å². The quantitative estimate of drug-likeness (QED) is 0.833. The molecule has 3 atom stereocenters. The fraction of sp³-hybridized carbons (Fsp3) is 0.348. The Balaban J connectivity index is 1.59. The highest BCUT2D eigenvalue weighted by Crippen LogP contribution is 2.49. The van der Waals surface area contributed by atoms with Crippen molar-refractivity contribution in [3.05, 3.63) is 47.0 Å². The molecular weight excluding hydrogens is 388 g/mol. The number of fused-ring (bicyclic) bond motifs is 6. The number of aliphatic hydroxyl groups is 1. The molecule has 0 amide bonds. The van der Waals surface area contributed by atoms with E-state index in [0.717, 1.165) is 5.56 Å². The van der Waals surface area contributed by atoms with Gasteiger partial charge in [0.1, 0.15) is 35.6 Å². The maximum atomic E-state index is 13.5. The molecule has 3 aliphatic heterocycles. The summed E-state index contributed by atoms with van der Waals surface area (Å²) in [6.07, 6.45) is 3.15. The summed E-state index contributed by atoms with van der Waals surface area (Å²) in [7, 11) is 3.11. The van der Waals surface area contributed by atoms with Gasteiger partial charge in [-0.2, -0.15) is 0 Å². The van der Waals surface area contributed by atoms with Crippen molar-refractivity contribution in [2.24, 2.45) is 0 Å². The third-order valence-electron chi connectivity index (χ3n) is 5.86. The molecule has 3 aliphatic rings. The van der Waals surface area contributed by atoms with E-state index >= 15 is 0 Å². The number of carbonyl (C=O) groups is 1. The molecule has 1 N–H and O–H groups in total. The summed E-state index contributed by atoms with van der Waals surface area (Å²) < 4.78 is 28.9. The molecule has 0 bridgehead atoms. The van der Waals surface area contributed by atoms with Gasteiger partial charge in [0.25, 0.3) is 0 Å². The number of methoxy groups -OCH3 is 2. The first-order valence-electron chi connectivity index (χ1n) is 9.73. The van der Waals surface area contributed by atoms with Crippen molar-refractivity contribution >= 4 is 11.9 Å². The lowest BCUT2D eigenvalue weighted by atomic mass is 9.81. The van der Waals surface area contributed by atoms with E-state index in [1.54, 1.807) is 51.5 Å². The number of rotatable bonds is 3. The lowest BCUT2D eigenvalue weighted by Crippen LogP contribution is -2.43. The normalized spacial score (nSPS) is 25.5. The molecule has 2 aromatic rings. The average Bonchev–Trinajstić information content (AvgIpc) is 2.77. The van der Waals surface area contributed by atoms with Gasteiger partial charge in [0, 0.05) is 11.6 Å².